The van der Waals surface area contributed by atoms with Crippen molar-refractivity contribution < 1.29 is 14.7 Å². The summed E-state index contributed by atoms with van der Waals surface area (Å²) in [4.78, 5) is 33.3. The fourth-order valence-corrected chi connectivity index (χ4v) is 3.86. The van der Waals surface area contributed by atoms with Crippen LogP contribution in [-0.4, -0.2) is 57.0 Å². The lowest BCUT2D eigenvalue weighted by Gasteiger charge is -2.43. The van der Waals surface area contributed by atoms with E-state index in [1.54, 1.807) is 6.20 Å². The summed E-state index contributed by atoms with van der Waals surface area (Å²) in [6, 6.07) is -0.638. The zero-order valence-corrected chi connectivity index (χ0v) is 13.2. The quantitative estimate of drug-likeness (QED) is 0.745. The van der Waals surface area contributed by atoms with Crippen molar-refractivity contribution in [2.75, 3.05) is 13.1 Å². The van der Waals surface area contributed by atoms with Gasteiger partial charge in [-0.1, -0.05) is 6.42 Å². The van der Waals surface area contributed by atoms with Gasteiger partial charge in [0, 0.05) is 24.4 Å². The first-order valence-corrected chi connectivity index (χ1v) is 8.39. The van der Waals surface area contributed by atoms with Crippen molar-refractivity contribution in [1.82, 2.24) is 20.2 Å². The molecule has 1 aromatic rings. The van der Waals surface area contributed by atoms with Crippen LogP contribution in [0.25, 0.3) is 0 Å². The molecule has 3 N–H and O–H groups in total. The van der Waals surface area contributed by atoms with Gasteiger partial charge in [-0.2, -0.15) is 0 Å². The summed E-state index contributed by atoms with van der Waals surface area (Å²) in [6.45, 7) is 2.12. The molecule has 0 unspecified atom stereocenters. The summed E-state index contributed by atoms with van der Waals surface area (Å²) in [5.41, 5.74) is 0.709. The summed E-state index contributed by atoms with van der Waals surface area (Å²) in [5.74, 6) is -1.22. The first-order valence-electron chi connectivity index (χ1n) is 8.39. The Bertz CT molecular complexity index is 544. The van der Waals surface area contributed by atoms with E-state index in [9.17, 15) is 14.7 Å². The van der Waals surface area contributed by atoms with Gasteiger partial charge in [0.2, 0.25) is 5.91 Å². The van der Waals surface area contributed by atoms with Crippen LogP contribution >= 0.6 is 0 Å². The zero-order valence-electron chi connectivity index (χ0n) is 13.2. The van der Waals surface area contributed by atoms with E-state index in [4.69, 9.17) is 0 Å². The molecule has 3 atom stereocenters. The van der Waals surface area contributed by atoms with Gasteiger partial charge in [-0.15, -0.1) is 0 Å². The summed E-state index contributed by atoms with van der Waals surface area (Å²) in [7, 11) is 0. The van der Waals surface area contributed by atoms with E-state index in [1.807, 2.05) is 0 Å². The number of carboxylic acid groups (broad SMARTS) is 1. The van der Waals surface area contributed by atoms with Gasteiger partial charge < -0.3 is 15.4 Å². The van der Waals surface area contributed by atoms with Crippen LogP contribution in [0.15, 0.2) is 12.5 Å². The molecule has 126 valence electrons. The number of aromatic nitrogens is 2. The molecule has 0 spiro atoms. The van der Waals surface area contributed by atoms with Crippen LogP contribution in [0, 0.1) is 5.92 Å². The Kier molecular flexibility index (Phi) is 4.95. The van der Waals surface area contributed by atoms with Gasteiger partial charge in [0.15, 0.2) is 0 Å². The normalized spacial score (nSPS) is 26.3. The minimum Gasteiger partial charge on any atom is -0.480 e. The lowest BCUT2D eigenvalue weighted by molar-refractivity contribution is -0.143. The molecule has 7 nitrogen and oxygen atoms in total. The van der Waals surface area contributed by atoms with Gasteiger partial charge in [0.25, 0.3) is 0 Å². The van der Waals surface area contributed by atoms with Crippen molar-refractivity contribution in [2.45, 2.75) is 50.6 Å². The predicted molar refractivity (Wildman–Crippen MR) is 83.8 cm³/mol. The van der Waals surface area contributed by atoms with E-state index < -0.39 is 12.0 Å². The summed E-state index contributed by atoms with van der Waals surface area (Å²) in [6.07, 6.45) is 8.57. The number of carbonyl (C=O) groups excluding carboxylic acids is 1. The van der Waals surface area contributed by atoms with Crippen LogP contribution in [-0.2, 0) is 16.0 Å². The minimum absolute atomic E-state index is 0.0901. The lowest BCUT2D eigenvalue weighted by atomic mass is 9.83. The van der Waals surface area contributed by atoms with Gasteiger partial charge >= 0.3 is 5.97 Å². The molecule has 0 aromatic carbocycles. The third-order valence-corrected chi connectivity index (χ3v) is 5.02. The molecule has 0 saturated carbocycles. The number of nitrogens with one attached hydrogen (secondary N) is 2. The third kappa shape index (κ3) is 3.72. The maximum absolute atomic E-state index is 12.7. The van der Waals surface area contributed by atoms with Crippen molar-refractivity contribution in [1.29, 1.82) is 0 Å². The molecule has 3 rings (SSSR count). The summed E-state index contributed by atoms with van der Waals surface area (Å²) in [5, 5.41) is 12.1. The number of piperidine rings is 2. The molecule has 1 aromatic heterocycles. The highest BCUT2D eigenvalue weighted by Crippen LogP contribution is 2.31. The second-order valence-corrected chi connectivity index (χ2v) is 6.53. The topological polar surface area (TPSA) is 98.3 Å². The molecule has 3 heterocycles. The monoisotopic (exact) mass is 320 g/mol. The lowest BCUT2D eigenvalue weighted by Crippen LogP contribution is -2.55. The van der Waals surface area contributed by atoms with Crippen molar-refractivity contribution in [3.05, 3.63) is 18.2 Å². The Balaban J connectivity index is 1.64. The fourth-order valence-electron chi connectivity index (χ4n) is 3.86. The van der Waals surface area contributed by atoms with E-state index in [0.29, 0.717) is 5.69 Å². The van der Waals surface area contributed by atoms with Gasteiger partial charge in [-0.25, -0.2) is 9.78 Å². The molecule has 2 aliphatic heterocycles. The van der Waals surface area contributed by atoms with Gasteiger partial charge in [-0.3, -0.25) is 9.69 Å². The number of hydrogen-bond acceptors (Lipinski definition) is 4. The number of hydrogen-bond donors (Lipinski definition) is 3. The molecular formula is C16H24N4O3. The number of carbonyl (C=O) groups is 2. The molecule has 1 amide bonds. The smallest absolute Gasteiger partial charge is 0.326 e. The number of H-pyrrole nitrogens is 1. The maximum Gasteiger partial charge on any atom is 0.326 e. The number of rotatable bonds is 5. The van der Waals surface area contributed by atoms with E-state index in [2.05, 4.69) is 20.2 Å². The Morgan fingerprint density at radius 3 is 2.91 bits per heavy atom. The number of carboxylic acids is 1. The molecule has 0 radical (unpaired) electrons. The Labute approximate surface area is 135 Å². The fraction of sp³-hybridized carbons (Fsp3) is 0.688. The van der Waals surface area contributed by atoms with E-state index in [-0.39, 0.29) is 24.3 Å². The van der Waals surface area contributed by atoms with E-state index in [1.165, 1.54) is 12.7 Å². The van der Waals surface area contributed by atoms with Gasteiger partial charge in [0.1, 0.15) is 6.04 Å². The second kappa shape index (κ2) is 7.12. The minimum atomic E-state index is -1.01. The number of fused-ring (bicyclic) bond motifs is 1. The highest BCUT2D eigenvalue weighted by Gasteiger charge is 2.38. The Hall–Kier alpha value is -1.89. The van der Waals surface area contributed by atoms with Crippen LogP contribution in [0.5, 0.6) is 0 Å². The SMILES string of the molecule is O=C(O)[C@H](Cc1cnc[nH]1)NC(=O)[C@@H]1CCCN2CCCC[C@H]12. The van der Waals surface area contributed by atoms with Gasteiger partial charge in [0.05, 0.1) is 12.2 Å². The van der Waals surface area contributed by atoms with Crippen LogP contribution in [0.2, 0.25) is 0 Å². The molecular weight excluding hydrogens is 296 g/mol. The van der Waals surface area contributed by atoms with Gasteiger partial charge in [-0.05, 0) is 38.8 Å². The number of amides is 1. The van der Waals surface area contributed by atoms with Crippen LogP contribution in [0.4, 0.5) is 0 Å². The molecule has 2 fully saturated rings. The third-order valence-electron chi connectivity index (χ3n) is 5.02. The molecule has 0 aliphatic carbocycles. The van der Waals surface area contributed by atoms with Crippen molar-refractivity contribution in [3.63, 3.8) is 0 Å². The zero-order chi connectivity index (χ0) is 16.2. The largest absolute Gasteiger partial charge is 0.480 e. The maximum atomic E-state index is 12.7. The molecule has 7 heteroatoms. The Morgan fingerprint density at radius 2 is 2.17 bits per heavy atom. The first kappa shape index (κ1) is 16.0. The van der Waals surface area contributed by atoms with Crippen LogP contribution in [0.1, 0.15) is 37.8 Å². The van der Waals surface area contributed by atoms with E-state index in [0.717, 1.165) is 38.8 Å². The van der Waals surface area contributed by atoms with Crippen molar-refractivity contribution in [3.8, 4) is 0 Å². The molecule has 0 bridgehead atoms. The van der Waals surface area contributed by atoms with Crippen LogP contribution < -0.4 is 5.32 Å². The average molecular weight is 320 g/mol. The standard InChI is InChI=1S/C16H24N4O3/c21-15(12-4-3-7-20-6-2-1-5-14(12)20)19-13(16(22)23)8-11-9-17-10-18-11/h9-10,12-14H,1-8H2,(H,17,18)(H,19,21)(H,22,23)/t12-,13+,14-/m1/s1. The summed E-state index contributed by atoms with van der Waals surface area (Å²) < 4.78 is 0. The number of aromatic amines is 1. The van der Waals surface area contributed by atoms with Crippen LogP contribution in [0.3, 0.4) is 0 Å². The number of aliphatic carboxylic acids is 1. The highest BCUT2D eigenvalue weighted by molar-refractivity contribution is 5.85. The van der Waals surface area contributed by atoms with E-state index >= 15 is 0 Å². The van der Waals surface area contributed by atoms with Crippen molar-refractivity contribution in [2.24, 2.45) is 5.92 Å². The predicted octanol–water partition coefficient (Wildman–Crippen LogP) is 0.786. The van der Waals surface area contributed by atoms with Crippen molar-refractivity contribution >= 4 is 11.9 Å². The molecule has 2 aliphatic rings. The molecule has 23 heavy (non-hydrogen) atoms. The Morgan fingerprint density at radius 1 is 1.35 bits per heavy atom. The second-order valence-electron chi connectivity index (χ2n) is 6.53. The summed E-state index contributed by atoms with van der Waals surface area (Å²) >= 11 is 0. The highest BCUT2D eigenvalue weighted by atomic mass is 16.4. The number of imidazole rings is 1. The first-order chi connectivity index (χ1) is 11.1. The molecule has 2 saturated heterocycles. The average Bonchev–Trinajstić information content (AvgIpc) is 3.06. The number of nitrogens with zero attached hydrogens (tertiary/aromatic N) is 2.